The molecule has 3 rings (SSSR count). The predicted octanol–water partition coefficient (Wildman–Crippen LogP) is 2.87. The summed E-state index contributed by atoms with van der Waals surface area (Å²) < 4.78 is 42.0. The Bertz CT molecular complexity index is 1240. The van der Waals surface area contributed by atoms with Gasteiger partial charge < -0.3 is 14.7 Å². The van der Waals surface area contributed by atoms with Crippen molar-refractivity contribution in [3.8, 4) is 11.8 Å². The van der Waals surface area contributed by atoms with Crippen molar-refractivity contribution in [3.05, 3.63) is 83.4 Å². The quantitative estimate of drug-likeness (QED) is 0.368. The maximum atomic E-state index is 12.9. The van der Waals surface area contributed by atoms with Gasteiger partial charge in [0.25, 0.3) is 5.91 Å². The summed E-state index contributed by atoms with van der Waals surface area (Å²) in [5, 5.41) is 3.50. The molecular formula is C22H21F2N4O5P. The van der Waals surface area contributed by atoms with E-state index in [1.165, 1.54) is 36.6 Å². The van der Waals surface area contributed by atoms with Crippen LogP contribution in [0, 0.1) is 11.8 Å². The first kappa shape index (κ1) is 25.2. The number of alkyl halides is 2. The van der Waals surface area contributed by atoms with E-state index in [-0.39, 0.29) is 24.1 Å². The van der Waals surface area contributed by atoms with Crippen LogP contribution in [0.1, 0.15) is 33.6 Å². The number of hydrogen-bond donors (Lipinski definition) is 2. The summed E-state index contributed by atoms with van der Waals surface area (Å²) in [5.41, 5.74) is 1.62. The van der Waals surface area contributed by atoms with Gasteiger partial charge >= 0.3 is 14.4 Å². The van der Waals surface area contributed by atoms with E-state index in [1.807, 2.05) is 6.07 Å². The number of pyridine rings is 1. The lowest BCUT2D eigenvalue weighted by Gasteiger charge is -2.25. The van der Waals surface area contributed by atoms with Gasteiger partial charge in [0.15, 0.2) is 0 Å². The zero-order valence-electron chi connectivity index (χ0n) is 18.0. The molecule has 0 bridgehead atoms. The molecule has 12 heteroatoms. The van der Waals surface area contributed by atoms with Gasteiger partial charge in [-0.2, -0.15) is 13.9 Å². The van der Waals surface area contributed by atoms with E-state index in [1.54, 1.807) is 24.3 Å². The molecule has 0 fully saturated rings. The molecular weight excluding hydrogens is 469 g/mol. The van der Waals surface area contributed by atoms with Crippen molar-refractivity contribution in [2.24, 2.45) is 0 Å². The number of nitrogens with zero attached hydrogens (tertiary/aromatic N) is 4. The molecule has 2 heterocycles. The van der Waals surface area contributed by atoms with Crippen molar-refractivity contribution >= 4 is 13.7 Å². The van der Waals surface area contributed by atoms with Crippen LogP contribution in [0.3, 0.4) is 0 Å². The highest BCUT2D eigenvalue weighted by atomic mass is 31.2. The van der Waals surface area contributed by atoms with Gasteiger partial charge in [-0.25, -0.2) is 9.25 Å². The van der Waals surface area contributed by atoms with Gasteiger partial charge in [-0.3, -0.25) is 14.3 Å². The lowest BCUT2D eigenvalue weighted by molar-refractivity contribution is 0.0565. The Morgan fingerprint density at radius 3 is 2.53 bits per heavy atom. The minimum absolute atomic E-state index is 0.0957. The molecule has 2 aromatic heterocycles. The summed E-state index contributed by atoms with van der Waals surface area (Å²) in [6.45, 7) is -2.87. The molecule has 0 aliphatic rings. The minimum Gasteiger partial charge on any atom is -0.339 e. The molecule has 1 atom stereocenters. The molecule has 9 nitrogen and oxygen atoms in total. The van der Waals surface area contributed by atoms with E-state index < -0.39 is 26.4 Å². The van der Waals surface area contributed by atoms with Gasteiger partial charge in [0.1, 0.15) is 0 Å². The van der Waals surface area contributed by atoms with E-state index in [0.717, 1.165) is 11.8 Å². The fourth-order valence-electron chi connectivity index (χ4n) is 3.09. The summed E-state index contributed by atoms with van der Waals surface area (Å²) in [6.07, 6.45) is 4.26. The zero-order valence-corrected chi connectivity index (χ0v) is 18.8. The van der Waals surface area contributed by atoms with Gasteiger partial charge in [-0.1, -0.05) is 42.2 Å². The summed E-state index contributed by atoms with van der Waals surface area (Å²) in [6, 6.07) is 10.4. The Hall–Kier alpha value is -3.42. The van der Waals surface area contributed by atoms with E-state index in [2.05, 4.69) is 21.9 Å². The van der Waals surface area contributed by atoms with Crippen molar-refractivity contribution in [3.63, 3.8) is 0 Å². The number of benzene rings is 1. The van der Waals surface area contributed by atoms with Crippen LogP contribution in [0.25, 0.3) is 0 Å². The van der Waals surface area contributed by atoms with Crippen LogP contribution >= 0.6 is 7.82 Å². The highest BCUT2D eigenvalue weighted by Crippen LogP contribution is 2.38. The molecule has 0 aliphatic carbocycles. The van der Waals surface area contributed by atoms with E-state index >= 15 is 0 Å². The standard InChI is InChI=1S/C22H21F2N4O5P/c1-27(15-20(33-34(30,31)32)10-16-5-3-2-4-6-16)21(29)19-9-17(11-25-13-19)7-8-18-12-26-28(14-18)22(23)24/h2-6,9,11-14,20,22H,10,15H2,1H3,(H2,30,31,32)/t20-/m0/s1. The molecule has 0 aliphatic heterocycles. The van der Waals surface area contributed by atoms with Crippen LogP contribution in [-0.4, -0.2) is 55.1 Å². The molecule has 1 amide bonds. The highest BCUT2D eigenvalue weighted by Gasteiger charge is 2.25. The third kappa shape index (κ3) is 7.57. The fourth-order valence-corrected chi connectivity index (χ4v) is 3.62. The van der Waals surface area contributed by atoms with Gasteiger partial charge in [0.2, 0.25) is 0 Å². The average Bonchev–Trinajstić information content (AvgIpc) is 3.26. The predicted molar refractivity (Wildman–Crippen MR) is 118 cm³/mol. The Balaban J connectivity index is 1.72. The molecule has 0 radical (unpaired) electrons. The molecule has 34 heavy (non-hydrogen) atoms. The van der Waals surface area contributed by atoms with Gasteiger partial charge in [-0.05, 0) is 11.6 Å². The maximum Gasteiger partial charge on any atom is 0.469 e. The third-order valence-corrected chi connectivity index (χ3v) is 5.13. The Morgan fingerprint density at radius 2 is 1.88 bits per heavy atom. The molecule has 0 unspecified atom stereocenters. The highest BCUT2D eigenvalue weighted by molar-refractivity contribution is 7.46. The van der Waals surface area contributed by atoms with E-state index in [4.69, 9.17) is 4.52 Å². The zero-order chi connectivity index (χ0) is 24.7. The second kappa shape index (κ2) is 11.1. The monoisotopic (exact) mass is 490 g/mol. The second-order valence-electron chi connectivity index (χ2n) is 7.29. The van der Waals surface area contributed by atoms with Crippen LogP contribution < -0.4 is 0 Å². The number of carbonyl (C=O) groups is 1. The number of carbonyl (C=O) groups excluding carboxylic acids is 1. The van der Waals surface area contributed by atoms with Crippen LogP contribution in [-0.2, 0) is 15.5 Å². The molecule has 0 saturated heterocycles. The van der Waals surface area contributed by atoms with Gasteiger partial charge in [-0.15, -0.1) is 0 Å². The Morgan fingerprint density at radius 1 is 1.18 bits per heavy atom. The van der Waals surface area contributed by atoms with Crippen LogP contribution in [0.15, 0.2) is 61.2 Å². The number of phosphoric acid groups is 1. The van der Waals surface area contributed by atoms with Crippen molar-refractivity contribution < 1.29 is 32.5 Å². The first-order valence-corrected chi connectivity index (χ1v) is 11.5. The number of amides is 1. The van der Waals surface area contributed by atoms with E-state index in [9.17, 15) is 27.9 Å². The van der Waals surface area contributed by atoms with Crippen molar-refractivity contribution in [1.82, 2.24) is 19.7 Å². The van der Waals surface area contributed by atoms with Gasteiger partial charge in [0, 0.05) is 44.2 Å². The van der Waals surface area contributed by atoms with Gasteiger partial charge in [0.05, 0.1) is 23.4 Å². The molecule has 1 aromatic carbocycles. The molecule has 0 saturated carbocycles. The summed E-state index contributed by atoms with van der Waals surface area (Å²) in [4.78, 5) is 36.7. The Labute approximate surface area is 194 Å². The normalized spacial score (nSPS) is 12.2. The van der Waals surface area contributed by atoms with Crippen LogP contribution in [0.5, 0.6) is 0 Å². The topological polar surface area (TPSA) is 118 Å². The lowest BCUT2D eigenvalue weighted by Crippen LogP contribution is -2.36. The van der Waals surface area contributed by atoms with Crippen molar-refractivity contribution in [2.45, 2.75) is 19.1 Å². The van der Waals surface area contributed by atoms with Crippen molar-refractivity contribution in [1.29, 1.82) is 0 Å². The number of hydrogen-bond acceptors (Lipinski definition) is 5. The smallest absolute Gasteiger partial charge is 0.339 e. The minimum atomic E-state index is -4.79. The largest absolute Gasteiger partial charge is 0.469 e. The molecule has 0 spiro atoms. The first-order chi connectivity index (χ1) is 16.1. The number of rotatable bonds is 8. The van der Waals surface area contributed by atoms with Crippen molar-refractivity contribution in [2.75, 3.05) is 13.6 Å². The Kier molecular flexibility index (Phi) is 8.26. The SMILES string of the molecule is CN(C[C@H](Cc1ccccc1)OP(=O)(O)O)C(=O)c1cncc(C#Cc2cnn(C(F)F)c2)c1. The molecule has 2 N–H and O–H groups in total. The maximum absolute atomic E-state index is 12.9. The number of halogens is 2. The average molecular weight is 490 g/mol. The lowest BCUT2D eigenvalue weighted by atomic mass is 10.1. The first-order valence-electron chi connectivity index (χ1n) is 9.93. The van der Waals surface area contributed by atoms with Crippen LogP contribution in [0.2, 0.25) is 0 Å². The fraction of sp³-hybridized carbons (Fsp3) is 0.227. The van der Waals surface area contributed by atoms with E-state index in [0.29, 0.717) is 10.2 Å². The number of aromatic nitrogens is 3. The second-order valence-corrected chi connectivity index (χ2v) is 8.48. The van der Waals surface area contributed by atoms with Crippen LogP contribution in [0.4, 0.5) is 8.78 Å². The summed E-state index contributed by atoms with van der Waals surface area (Å²) >= 11 is 0. The summed E-state index contributed by atoms with van der Waals surface area (Å²) in [7, 11) is -3.32. The molecule has 3 aromatic rings. The third-order valence-electron chi connectivity index (χ3n) is 4.55. The number of phosphoric ester groups is 1. The molecule has 178 valence electrons. The number of likely N-dealkylation sites (N-methyl/N-ethyl adjacent to an activating group) is 1. The summed E-state index contributed by atoms with van der Waals surface area (Å²) in [5.74, 6) is 4.96.